The molecular formula is C11H21NO2. The molecule has 1 rings (SSSR count). The van der Waals surface area contributed by atoms with Crippen LogP contribution in [0, 0.1) is 5.92 Å². The summed E-state index contributed by atoms with van der Waals surface area (Å²) in [5.74, 6) is 0.796. The first-order valence-electron chi connectivity index (χ1n) is 5.58. The molecule has 3 heteroatoms. The highest BCUT2D eigenvalue weighted by Crippen LogP contribution is 2.33. The highest BCUT2D eigenvalue weighted by molar-refractivity contribution is 5.69. The van der Waals surface area contributed by atoms with E-state index in [0.717, 1.165) is 18.9 Å². The molecule has 0 aliphatic heterocycles. The van der Waals surface area contributed by atoms with Gasteiger partial charge in [0, 0.05) is 12.5 Å². The molecule has 1 fully saturated rings. The molecule has 0 aromatic heterocycles. The highest BCUT2D eigenvalue weighted by Gasteiger charge is 2.29. The van der Waals surface area contributed by atoms with Crippen molar-refractivity contribution in [1.29, 1.82) is 0 Å². The number of carbonyl (C=O) groups is 1. The molecule has 1 atom stereocenters. The number of nitrogens with one attached hydrogen (secondary N) is 1. The van der Waals surface area contributed by atoms with Crippen LogP contribution in [0.5, 0.6) is 0 Å². The van der Waals surface area contributed by atoms with Crippen LogP contribution in [0.3, 0.4) is 0 Å². The SMILES string of the molecule is CCC(NCCCC(=O)OC)C1CC1. The molecule has 1 unspecified atom stereocenters. The van der Waals surface area contributed by atoms with Crippen LogP contribution < -0.4 is 5.32 Å². The zero-order valence-electron chi connectivity index (χ0n) is 9.21. The minimum absolute atomic E-state index is 0.105. The second-order valence-corrected chi connectivity index (χ2v) is 3.99. The van der Waals surface area contributed by atoms with Gasteiger partial charge in [0.15, 0.2) is 0 Å². The molecule has 0 spiro atoms. The summed E-state index contributed by atoms with van der Waals surface area (Å²) in [6.07, 6.45) is 5.37. The van der Waals surface area contributed by atoms with E-state index in [1.165, 1.54) is 26.4 Å². The highest BCUT2D eigenvalue weighted by atomic mass is 16.5. The van der Waals surface area contributed by atoms with Crippen LogP contribution in [0.4, 0.5) is 0 Å². The van der Waals surface area contributed by atoms with Crippen molar-refractivity contribution in [3.63, 3.8) is 0 Å². The van der Waals surface area contributed by atoms with Gasteiger partial charge in [0.25, 0.3) is 0 Å². The Kier molecular flexibility index (Phi) is 4.94. The molecule has 0 bridgehead atoms. The van der Waals surface area contributed by atoms with Crippen molar-refractivity contribution in [2.45, 2.75) is 45.1 Å². The molecule has 1 aliphatic rings. The summed E-state index contributed by atoms with van der Waals surface area (Å²) >= 11 is 0. The molecule has 1 aliphatic carbocycles. The number of hydrogen-bond acceptors (Lipinski definition) is 3. The van der Waals surface area contributed by atoms with Gasteiger partial charge in [-0.15, -0.1) is 0 Å². The lowest BCUT2D eigenvalue weighted by atomic mass is 10.1. The molecule has 3 nitrogen and oxygen atoms in total. The first kappa shape index (κ1) is 11.5. The van der Waals surface area contributed by atoms with Crippen molar-refractivity contribution in [1.82, 2.24) is 5.32 Å². The fraction of sp³-hybridized carbons (Fsp3) is 0.909. The van der Waals surface area contributed by atoms with Crippen LogP contribution in [0.15, 0.2) is 0 Å². The van der Waals surface area contributed by atoms with E-state index in [1.807, 2.05) is 0 Å². The minimum atomic E-state index is -0.105. The predicted octanol–water partition coefficient (Wildman–Crippen LogP) is 1.72. The Morgan fingerprint density at radius 1 is 1.57 bits per heavy atom. The molecule has 82 valence electrons. The summed E-state index contributed by atoms with van der Waals surface area (Å²) in [4.78, 5) is 10.8. The van der Waals surface area contributed by atoms with Gasteiger partial charge < -0.3 is 10.1 Å². The minimum Gasteiger partial charge on any atom is -0.469 e. The summed E-state index contributed by atoms with van der Waals surface area (Å²) < 4.78 is 4.58. The standard InChI is InChI=1S/C11H21NO2/c1-3-10(9-6-7-9)12-8-4-5-11(13)14-2/h9-10,12H,3-8H2,1-2H3. The summed E-state index contributed by atoms with van der Waals surface area (Å²) in [7, 11) is 1.44. The van der Waals surface area contributed by atoms with Crippen LogP contribution in [-0.4, -0.2) is 25.7 Å². The summed E-state index contributed by atoms with van der Waals surface area (Å²) in [5, 5.41) is 3.50. The van der Waals surface area contributed by atoms with Gasteiger partial charge in [-0.3, -0.25) is 4.79 Å². The van der Waals surface area contributed by atoms with Crippen molar-refractivity contribution in [2.75, 3.05) is 13.7 Å². The van der Waals surface area contributed by atoms with E-state index in [4.69, 9.17) is 0 Å². The van der Waals surface area contributed by atoms with Crippen molar-refractivity contribution in [3.8, 4) is 0 Å². The van der Waals surface area contributed by atoms with Crippen molar-refractivity contribution < 1.29 is 9.53 Å². The van der Waals surface area contributed by atoms with Crippen LogP contribution in [0.1, 0.15) is 39.0 Å². The Morgan fingerprint density at radius 3 is 2.79 bits per heavy atom. The van der Waals surface area contributed by atoms with Gasteiger partial charge in [-0.25, -0.2) is 0 Å². The average Bonchev–Trinajstić information content (AvgIpc) is 3.01. The van der Waals surface area contributed by atoms with E-state index in [9.17, 15) is 4.79 Å². The van der Waals surface area contributed by atoms with E-state index in [2.05, 4.69) is 17.0 Å². The Labute approximate surface area is 86.2 Å². The van der Waals surface area contributed by atoms with E-state index < -0.39 is 0 Å². The van der Waals surface area contributed by atoms with Gasteiger partial charge in [0.1, 0.15) is 0 Å². The largest absolute Gasteiger partial charge is 0.469 e. The molecule has 0 heterocycles. The van der Waals surface area contributed by atoms with Gasteiger partial charge in [-0.05, 0) is 38.1 Å². The fourth-order valence-corrected chi connectivity index (χ4v) is 1.77. The number of ether oxygens (including phenoxy) is 1. The van der Waals surface area contributed by atoms with Crippen LogP contribution >= 0.6 is 0 Å². The van der Waals surface area contributed by atoms with Crippen LogP contribution in [-0.2, 0) is 9.53 Å². The molecule has 0 saturated heterocycles. The lowest BCUT2D eigenvalue weighted by molar-refractivity contribution is -0.140. The van der Waals surface area contributed by atoms with Gasteiger partial charge in [0.05, 0.1) is 7.11 Å². The van der Waals surface area contributed by atoms with E-state index in [0.29, 0.717) is 12.5 Å². The fourth-order valence-electron chi connectivity index (χ4n) is 1.77. The molecule has 0 amide bonds. The Balaban J connectivity index is 1.99. The molecule has 0 aromatic carbocycles. The third-order valence-corrected chi connectivity index (χ3v) is 2.82. The van der Waals surface area contributed by atoms with Crippen molar-refractivity contribution >= 4 is 5.97 Å². The molecule has 0 aromatic rings. The second kappa shape index (κ2) is 6.02. The molecule has 1 N–H and O–H groups in total. The first-order chi connectivity index (χ1) is 6.77. The third kappa shape index (κ3) is 4.09. The van der Waals surface area contributed by atoms with Crippen LogP contribution in [0.25, 0.3) is 0 Å². The number of methoxy groups -OCH3 is 1. The van der Waals surface area contributed by atoms with Gasteiger partial charge in [-0.1, -0.05) is 6.92 Å². The summed E-state index contributed by atoms with van der Waals surface area (Å²) in [6.45, 7) is 3.15. The molecular weight excluding hydrogens is 178 g/mol. The Hall–Kier alpha value is -0.570. The maximum atomic E-state index is 10.8. The zero-order valence-corrected chi connectivity index (χ0v) is 9.21. The molecule has 0 radical (unpaired) electrons. The molecule has 14 heavy (non-hydrogen) atoms. The smallest absolute Gasteiger partial charge is 0.305 e. The first-order valence-corrected chi connectivity index (χ1v) is 5.58. The number of carbonyl (C=O) groups excluding carboxylic acids is 1. The van der Waals surface area contributed by atoms with Gasteiger partial charge >= 0.3 is 5.97 Å². The van der Waals surface area contributed by atoms with Gasteiger partial charge in [-0.2, -0.15) is 0 Å². The summed E-state index contributed by atoms with van der Waals surface area (Å²) in [5.41, 5.74) is 0. The Morgan fingerprint density at radius 2 is 2.29 bits per heavy atom. The predicted molar refractivity (Wildman–Crippen MR) is 56.1 cm³/mol. The average molecular weight is 199 g/mol. The monoisotopic (exact) mass is 199 g/mol. The third-order valence-electron chi connectivity index (χ3n) is 2.82. The van der Waals surface area contributed by atoms with E-state index in [1.54, 1.807) is 0 Å². The lowest BCUT2D eigenvalue weighted by Crippen LogP contribution is -2.31. The second-order valence-electron chi connectivity index (χ2n) is 3.99. The van der Waals surface area contributed by atoms with Crippen molar-refractivity contribution in [2.24, 2.45) is 5.92 Å². The summed E-state index contributed by atoms with van der Waals surface area (Å²) in [6, 6.07) is 0.674. The zero-order chi connectivity index (χ0) is 10.4. The Bertz CT molecular complexity index is 178. The lowest BCUT2D eigenvalue weighted by Gasteiger charge is -2.15. The quantitative estimate of drug-likeness (QED) is 0.501. The maximum absolute atomic E-state index is 10.8. The van der Waals surface area contributed by atoms with Crippen LogP contribution in [0.2, 0.25) is 0 Å². The van der Waals surface area contributed by atoms with Gasteiger partial charge in [0.2, 0.25) is 0 Å². The van der Waals surface area contributed by atoms with Crippen molar-refractivity contribution in [3.05, 3.63) is 0 Å². The number of hydrogen-bond donors (Lipinski definition) is 1. The topological polar surface area (TPSA) is 38.3 Å². The normalized spacial score (nSPS) is 17.9. The van der Waals surface area contributed by atoms with E-state index in [-0.39, 0.29) is 5.97 Å². The van der Waals surface area contributed by atoms with E-state index >= 15 is 0 Å². The number of esters is 1. The number of rotatable bonds is 7. The molecule has 1 saturated carbocycles. The maximum Gasteiger partial charge on any atom is 0.305 e.